The molecule has 1 N–H and O–H groups in total. The van der Waals surface area contributed by atoms with Crippen LogP contribution in [0, 0.1) is 0 Å². The molecule has 1 fully saturated rings. The van der Waals surface area contributed by atoms with Gasteiger partial charge in [-0.1, -0.05) is 12.5 Å². The van der Waals surface area contributed by atoms with Crippen LogP contribution in [0.3, 0.4) is 0 Å². The molecule has 1 aliphatic carbocycles. The van der Waals surface area contributed by atoms with Gasteiger partial charge in [-0.15, -0.1) is 0 Å². The minimum atomic E-state index is -0.947. The number of benzene rings is 1. The highest BCUT2D eigenvalue weighted by Crippen LogP contribution is 2.45. The molecule has 0 atom stereocenters. The Labute approximate surface area is 118 Å². The molecule has 1 saturated carbocycles. The van der Waals surface area contributed by atoms with Crippen molar-refractivity contribution in [2.45, 2.75) is 37.7 Å². The predicted octanol–water partition coefficient (Wildman–Crippen LogP) is 3.50. The SMILES string of the molecule is COc1ccc(C(=O)O)c2c1OC1(C=C2)CCCCC1. The van der Waals surface area contributed by atoms with E-state index in [1.54, 1.807) is 19.2 Å². The van der Waals surface area contributed by atoms with Crippen molar-refractivity contribution >= 4 is 12.0 Å². The number of rotatable bonds is 2. The molecule has 0 unspecified atom stereocenters. The Morgan fingerprint density at radius 1 is 1.30 bits per heavy atom. The molecule has 4 nitrogen and oxygen atoms in total. The predicted molar refractivity (Wildman–Crippen MR) is 75.4 cm³/mol. The van der Waals surface area contributed by atoms with Gasteiger partial charge in [0.25, 0.3) is 0 Å². The fourth-order valence-corrected chi connectivity index (χ4v) is 3.09. The summed E-state index contributed by atoms with van der Waals surface area (Å²) in [5.41, 5.74) is 0.575. The zero-order valence-electron chi connectivity index (χ0n) is 11.5. The highest BCUT2D eigenvalue weighted by molar-refractivity contribution is 5.94. The van der Waals surface area contributed by atoms with E-state index in [1.165, 1.54) is 6.42 Å². The molecule has 106 valence electrons. The number of carboxylic acid groups (broad SMARTS) is 1. The molecule has 0 aromatic heterocycles. The maximum Gasteiger partial charge on any atom is 0.336 e. The number of hydrogen-bond donors (Lipinski definition) is 1. The number of carbonyl (C=O) groups is 1. The number of hydrogen-bond acceptors (Lipinski definition) is 3. The van der Waals surface area contributed by atoms with Gasteiger partial charge in [0.15, 0.2) is 11.5 Å². The van der Waals surface area contributed by atoms with Crippen LogP contribution < -0.4 is 9.47 Å². The van der Waals surface area contributed by atoms with Crippen molar-refractivity contribution in [3.63, 3.8) is 0 Å². The molecule has 0 saturated heterocycles. The Kier molecular flexibility index (Phi) is 3.16. The van der Waals surface area contributed by atoms with Gasteiger partial charge in [-0.2, -0.15) is 0 Å². The molecule has 4 heteroatoms. The second kappa shape index (κ2) is 4.85. The summed E-state index contributed by atoms with van der Waals surface area (Å²) >= 11 is 0. The average Bonchev–Trinajstić information content (AvgIpc) is 2.46. The Morgan fingerprint density at radius 2 is 2.05 bits per heavy atom. The van der Waals surface area contributed by atoms with Crippen LogP contribution in [0.2, 0.25) is 0 Å². The molecule has 1 spiro atoms. The van der Waals surface area contributed by atoms with Crippen molar-refractivity contribution in [1.29, 1.82) is 0 Å². The van der Waals surface area contributed by atoms with Crippen LogP contribution in [0.5, 0.6) is 11.5 Å². The molecule has 2 aliphatic rings. The highest BCUT2D eigenvalue weighted by Gasteiger charge is 2.36. The lowest BCUT2D eigenvalue weighted by atomic mass is 9.82. The number of ether oxygens (including phenoxy) is 2. The van der Waals surface area contributed by atoms with Gasteiger partial charge in [-0.05, 0) is 43.9 Å². The molecule has 1 heterocycles. The van der Waals surface area contributed by atoms with Gasteiger partial charge in [0.2, 0.25) is 0 Å². The molecule has 1 aromatic rings. The van der Waals surface area contributed by atoms with E-state index in [1.807, 2.05) is 12.2 Å². The summed E-state index contributed by atoms with van der Waals surface area (Å²) in [5, 5.41) is 9.28. The van der Waals surface area contributed by atoms with Crippen LogP contribution in [0.4, 0.5) is 0 Å². The van der Waals surface area contributed by atoms with Gasteiger partial charge in [-0.25, -0.2) is 4.79 Å². The van der Waals surface area contributed by atoms with E-state index >= 15 is 0 Å². The first-order valence-electron chi connectivity index (χ1n) is 6.98. The standard InChI is InChI=1S/C16H18O4/c1-19-13-6-5-12(15(17)18)11-7-10-16(20-14(11)13)8-3-2-4-9-16/h5-7,10H,2-4,8-9H2,1H3,(H,17,18). The zero-order chi connectivity index (χ0) is 14.2. The van der Waals surface area contributed by atoms with Crippen molar-refractivity contribution in [1.82, 2.24) is 0 Å². The average molecular weight is 274 g/mol. The Hall–Kier alpha value is -1.97. The summed E-state index contributed by atoms with van der Waals surface area (Å²) in [4.78, 5) is 11.3. The van der Waals surface area contributed by atoms with Crippen molar-refractivity contribution in [3.05, 3.63) is 29.3 Å². The summed E-state index contributed by atoms with van der Waals surface area (Å²) in [6.07, 6.45) is 9.38. The normalized spacial score (nSPS) is 19.2. The van der Waals surface area contributed by atoms with Crippen LogP contribution in [0.1, 0.15) is 48.0 Å². The lowest BCUT2D eigenvalue weighted by Crippen LogP contribution is -2.38. The van der Waals surface area contributed by atoms with E-state index in [0.29, 0.717) is 17.1 Å². The lowest BCUT2D eigenvalue weighted by molar-refractivity contribution is 0.0667. The maximum absolute atomic E-state index is 11.3. The minimum absolute atomic E-state index is 0.253. The van der Waals surface area contributed by atoms with Gasteiger partial charge >= 0.3 is 5.97 Å². The third-order valence-electron chi connectivity index (χ3n) is 4.17. The first kappa shape index (κ1) is 13.0. The quantitative estimate of drug-likeness (QED) is 0.896. The van der Waals surface area contributed by atoms with Crippen molar-refractivity contribution in [2.75, 3.05) is 7.11 Å². The van der Waals surface area contributed by atoms with Gasteiger partial charge in [0.1, 0.15) is 5.60 Å². The molecule has 3 rings (SSSR count). The number of carboxylic acids is 1. The third-order valence-corrected chi connectivity index (χ3v) is 4.17. The van der Waals surface area contributed by atoms with E-state index in [-0.39, 0.29) is 11.2 Å². The second-order valence-corrected chi connectivity index (χ2v) is 5.42. The van der Waals surface area contributed by atoms with Crippen molar-refractivity contribution in [2.24, 2.45) is 0 Å². The van der Waals surface area contributed by atoms with E-state index < -0.39 is 5.97 Å². The van der Waals surface area contributed by atoms with Crippen LogP contribution in [0.15, 0.2) is 18.2 Å². The van der Waals surface area contributed by atoms with Crippen molar-refractivity contribution < 1.29 is 19.4 Å². The van der Waals surface area contributed by atoms with Crippen LogP contribution >= 0.6 is 0 Å². The zero-order valence-corrected chi connectivity index (χ0v) is 11.5. The number of aromatic carboxylic acids is 1. The topological polar surface area (TPSA) is 55.8 Å². The van der Waals surface area contributed by atoms with Gasteiger partial charge in [0.05, 0.1) is 12.7 Å². The lowest BCUT2D eigenvalue weighted by Gasteiger charge is -2.38. The third kappa shape index (κ3) is 2.05. The van der Waals surface area contributed by atoms with Crippen LogP contribution in [0.25, 0.3) is 6.08 Å². The molecule has 0 amide bonds. The monoisotopic (exact) mass is 274 g/mol. The van der Waals surface area contributed by atoms with Crippen LogP contribution in [-0.4, -0.2) is 23.8 Å². The number of fused-ring (bicyclic) bond motifs is 1. The first-order valence-corrected chi connectivity index (χ1v) is 6.98. The molecule has 1 aliphatic heterocycles. The Bertz CT molecular complexity index is 568. The molecule has 0 radical (unpaired) electrons. The largest absolute Gasteiger partial charge is 0.493 e. The smallest absolute Gasteiger partial charge is 0.336 e. The van der Waals surface area contributed by atoms with Gasteiger partial charge < -0.3 is 14.6 Å². The second-order valence-electron chi connectivity index (χ2n) is 5.42. The van der Waals surface area contributed by atoms with E-state index in [4.69, 9.17) is 9.47 Å². The molecular formula is C16H18O4. The minimum Gasteiger partial charge on any atom is -0.493 e. The fraction of sp³-hybridized carbons (Fsp3) is 0.438. The van der Waals surface area contributed by atoms with E-state index in [0.717, 1.165) is 25.7 Å². The summed E-state index contributed by atoms with van der Waals surface area (Å²) in [7, 11) is 1.57. The summed E-state index contributed by atoms with van der Waals surface area (Å²) in [6.45, 7) is 0. The molecule has 0 bridgehead atoms. The molecule has 20 heavy (non-hydrogen) atoms. The van der Waals surface area contributed by atoms with Gasteiger partial charge in [-0.3, -0.25) is 0 Å². The fourth-order valence-electron chi connectivity index (χ4n) is 3.09. The van der Waals surface area contributed by atoms with E-state index in [9.17, 15) is 9.90 Å². The molecular weight excluding hydrogens is 256 g/mol. The van der Waals surface area contributed by atoms with Crippen LogP contribution in [-0.2, 0) is 0 Å². The van der Waals surface area contributed by atoms with Crippen molar-refractivity contribution in [3.8, 4) is 11.5 Å². The maximum atomic E-state index is 11.3. The van der Waals surface area contributed by atoms with E-state index in [2.05, 4.69) is 0 Å². The number of methoxy groups -OCH3 is 1. The Morgan fingerprint density at radius 3 is 2.70 bits per heavy atom. The summed E-state index contributed by atoms with van der Waals surface area (Å²) in [6, 6.07) is 3.23. The summed E-state index contributed by atoms with van der Waals surface area (Å²) < 4.78 is 11.5. The first-order chi connectivity index (χ1) is 9.65. The van der Waals surface area contributed by atoms with Gasteiger partial charge in [0, 0.05) is 5.56 Å². The summed E-state index contributed by atoms with van der Waals surface area (Å²) in [5.74, 6) is 0.216. The Balaban J connectivity index is 2.08. The molecule has 1 aromatic carbocycles. The highest BCUT2D eigenvalue weighted by atomic mass is 16.5.